The monoisotopic (exact) mass is 422 g/mol. The van der Waals surface area contributed by atoms with Crippen LogP contribution in [0.1, 0.15) is 16.6 Å². The number of amides is 1. The molecule has 7 nitrogen and oxygen atoms in total. The summed E-state index contributed by atoms with van der Waals surface area (Å²) < 4.78 is 19.0. The smallest absolute Gasteiger partial charge is 0.350 e. The van der Waals surface area contributed by atoms with Crippen LogP contribution in [-0.4, -0.2) is 22.9 Å². The lowest BCUT2D eigenvalue weighted by Gasteiger charge is -2.13. The van der Waals surface area contributed by atoms with E-state index in [4.69, 9.17) is 16.3 Å². The van der Waals surface area contributed by atoms with Crippen molar-refractivity contribution >= 4 is 56.3 Å². The summed E-state index contributed by atoms with van der Waals surface area (Å²) in [5.41, 5.74) is 0.196. The number of nitrogens with one attached hydrogen (secondary N) is 1. The molecule has 2 aromatic carbocycles. The van der Waals surface area contributed by atoms with E-state index >= 15 is 0 Å². The molecule has 1 unspecified atom stereocenters. The van der Waals surface area contributed by atoms with E-state index in [1.54, 1.807) is 0 Å². The predicted molar refractivity (Wildman–Crippen MR) is 103 cm³/mol. The van der Waals surface area contributed by atoms with Gasteiger partial charge >= 0.3 is 5.97 Å². The van der Waals surface area contributed by atoms with Gasteiger partial charge in [0.15, 0.2) is 6.10 Å². The van der Waals surface area contributed by atoms with Crippen molar-refractivity contribution in [1.82, 2.24) is 0 Å². The van der Waals surface area contributed by atoms with Crippen LogP contribution < -0.4 is 5.32 Å². The van der Waals surface area contributed by atoms with Crippen LogP contribution in [0.25, 0.3) is 10.1 Å². The van der Waals surface area contributed by atoms with E-state index in [0.717, 1.165) is 11.3 Å². The molecule has 0 spiro atoms. The maximum Gasteiger partial charge on any atom is 0.350 e. The van der Waals surface area contributed by atoms with Crippen LogP contribution in [0.2, 0.25) is 5.02 Å². The van der Waals surface area contributed by atoms with Gasteiger partial charge in [-0.05, 0) is 37.3 Å². The fraction of sp³-hybridized carbons (Fsp3) is 0.111. The molecule has 0 radical (unpaired) electrons. The van der Waals surface area contributed by atoms with Crippen molar-refractivity contribution in [1.29, 1.82) is 0 Å². The number of carbonyl (C=O) groups is 2. The highest BCUT2D eigenvalue weighted by atomic mass is 35.5. The Bertz CT molecular complexity index is 1080. The number of esters is 1. The Balaban J connectivity index is 1.69. The van der Waals surface area contributed by atoms with Crippen LogP contribution in [0.15, 0.2) is 42.5 Å². The molecule has 1 N–H and O–H groups in total. The van der Waals surface area contributed by atoms with Crippen molar-refractivity contribution in [2.75, 3.05) is 5.32 Å². The summed E-state index contributed by atoms with van der Waals surface area (Å²) in [7, 11) is 0. The van der Waals surface area contributed by atoms with Crippen LogP contribution in [0.3, 0.4) is 0 Å². The van der Waals surface area contributed by atoms with Crippen molar-refractivity contribution in [3.63, 3.8) is 0 Å². The summed E-state index contributed by atoms with van der Waals surface area (Å²) in [5.74, 6) is -1.88. The normalized spacial score (nSPS) is 11.8. The number of anilines is 1. The van der Waals surface area contributed by atoms with E-state index in [2.05, 4.69) is 5.32 Å². The second-order valence-electron chi connectivity index (χ2n) is 5.73. The number of nitrogens with zero attached hydrogens (tertiary/aromatic N) is 1. The second-order valence-corrected chi connectivity index (χ2v) is 7.16. The summed E-state index contributed by atoms with van der Waals surface area (Å²) in [4.78, 5) is 34.7. The summed E-state index contributed by atoms with van der Waals surface area (Å²) in [6.07, 6.45) is -1.15. The predicted octanol–water partition coefficient (Wildman–Crippen LogP) is 4.79. The molecular formula is C18H12ClFN2O5S. The molecule has 0 aliphatic rings. The largest absolute Gasteiger partial charge is 0.448 e. The maximum atomic E-state index is 13.3. The third-order valence-corrected chi connectivity index (χ3v) is 5.41. The van der Waals surface area contributed by atoms with Gasteiger partial charge in [0.1, 0.15) is 10.7 Å². The first-order valence-corrected chi connectivity index (χ1v) is 9.09. The number of non-ortho nitro benzene ring substituents is 1. The fourth-order valence-electron chi connectivity index (χ4n) is 2.35. The molecule has 1 amide bonds. The molecule has 0 saturated heterocycles. The molecule has 0 saturated carbocycles. The number of nitro benzene ring substituents is 1. The van der Waals surface area contributed by atoms with Gasteiger partial charge < -0.3 is 10.1 Å². The van der Waals surface area contributed by atoms with E-state index in [-0.39, 0.29) is 15.6 Å². The van der Waals surface area contributed by atoms with Crippen LogP contribution >= 0.6 is 22.9 Å². The van der Waals surface area contributed by atoms with Gasteiger partial charge in [-0.3, -0.25) is 14.9 Å². The molecule has 0 aliphatic carbocycles. The van der Waals surface area contributed by atoms with Gasteiger partial charge in [-0.1, -0.05) is 11.6 Å². The van der Waals surface area contributed by atoms with Gasteiger partial charge in [-0.15, -0.1) is 11.3 Å². The topological polar surface area (TPSA) is 98.5 Å². The number of rotatable bonds is 5. The third-order valence-electron chi connectivity index (χ3n) is 3.78. The molecule has 28 heavy (non-hydrogen) atoms. The van der Waals surface area contributed by atoms with E-state index in [1.807, 2.05) is 0 Å². The molecule has 144 valence electrons. The highest BCUT2D eigenvalue weighted by molar-refractivity contribution is 7.21. The number of halogens is 2. The number of fused-ring (bicyclic) bond motifs is 1. The van der Waals surface area contributed by atoms with E-state index in [9.17, 15) is 24.1 Å². The minimum Gasteiger partial charge on any atom is -0.448 e. The Kier molecular flexibility index (Phi) is 5.57. The van der Waals surface area contributed by atoms with Crippen molar-refractivity contribution in [3.8, 4) is 0 Å². The Morgan fingerprint density at radius 3 is 2.57 bits per heavy atom. The zero-order chi connectivity index (χ0) is 20.4. The molecule has 0 aliphatic heterocycles. The van der Waals surface area contributed by atoms with Crippen LogP contribution in [0, 0.1) is 15.9 Å². The SMILES string of the molecule is CC(OC(=O)c1sc2cc(F)ccc2c1Cl)C(=O)Nc1ccc([N+](=O)[O-])cc1. The lowest BCUT2D eigenvalue weighted by molar-refractivity contribution is -0.384. The summed E-state index contributed by atoms with van der Waals surface area (Å²) in [5, 5.41) is 13.8. The quantitative estimate of drug-likeness (QED) is 0.362. The van der Waals surface area contributed by atoms with E-state index in [0.29, 0.717) is 15.8 Å². The molecule has 3 rings (SSSR count). The number of hydrogen-bond donors (Lipinski definition) is 1. The fourth-order valence-corrected chi connectivity index (χ4v) is 3.76. The van der Waals surface area contributed by atoms with Gasteiger partial charge in [0, 0.05) is 27.9 Å². The van der Waals surface area contributed by atoms with Crippen LogP contribution in [0.5, 0.6) is 0 Å². The lowest BCUT2D eigenvalue weighted by atomic mass is 10.2. The van der Waals surface area contributed by atoms with E-state index in [1.165, 1.54) is 49.4 Å². The third kappa shape index (κ3) is 4.10. The molecule has 1 heterocycles. The molecule has 10 heteroatoms. The standard InChI is InChI=1S/C18H12ClFN2O5S/c1-9(17(23)21-11-3-5-12(6-4-11)22(25)26)27-18(24)16-15(19)13-7-2-10(20)8-14(13)28-16/h2-9H,1H3,(H,21,23). The van der Waals surface area contributed by atoms with Gasteiger partial charge in [0.25, 0.3) is 11.6 Å². The number of hydrogen-bond acceptors (Lipinski definition) is 6. The van der Waals surface area contributed by atoms with Crippen molar-refractivity contribution in [2.24, 2.45) is 0 Å². The van der Waals surface area contributed by atoms with Crippen molar-refractivity contribution in [2.45, 2.75) is 13.0 Å². The molecule has 0 fully saturated rings. The first-order valence-electron chi connectivity index (χ1n) is 7.90. The van der Waals surface area contributed by atoms with Crippen molar-refractivity contribution in [3.05, 3.63) is 68.3 Å². The van der Waals surface area contributed by atoms with Gasteiger partial charge in [-0.25, -0.2) is 9.18 Å². The van der Waals surface area contributed by atoms with E-state index < -0.39 is 28.7 Å². The molecule has 3 aromatic rings. The number of benzene rings is 2. The van der Waals surface area contributed by atoms with Crippen LogP contribution in [-0.2, 0) is 9.53 Å². The Morgan fingerprint density at radius 2 is 1.93 bits per heavy atom. The average Bonchev–Trinajstić information content (AvgIpc) is 2.98. The average molecular weight is 423 g/mol. The minimum absolute atomic E-state index is 0.0669. The first-order chi connectivity index (χ1) is 13.3. The minimum atomic E-state index is -1.15. The number of carbonyl (C=O) groups excluding carboxylic acids is 2. The van der Waals surface area contributed by atoms with Gasteiger partial charge in [0.05, 0.1) is 9.95 Å². The van der Waals surface area contributed by atoms with Gasteiger partial charge in [0.2, 0.25) is 0 Å². The zero-order valence-electron chi connectivity index (χ0n) is 14.3. The van der Waals surface area contributed by atoms with Crippen LogP contribution in [0.4, 0.5) is 15.8 Å². The lowest BCUT2D eigenvalue weighted by Crippen LogP contribution is -2.29. The Hall–Kier alpha value is -3.04. The second kappa shape index (κ2) is 7.91. The molecule has 1 aromatic heterocycles. The summed E-state index contributed by atoms with van der Waals surface area (Å²) in [6, 6.07) is 9.16. The van der Waals surface area contributed by atoms with Gasteiger partial charge in [-0.2, -0.15) is 0 Å². The first kappa shape index (κ1) is 19.7. The summed E-state index contributed by atoms with van der Waals surface area (Å²) >= 11 is 7.14. The number of ether oxygens (including phenoxy) is 1. The number of nitro groups is 1. The Morgan fingerprint density at radius 1 is 1.25 bits per heavy atom. The maximum absolute atomic E-state index is 13.3. The Labute approximate surface area is 166 Å². The zero-order valence-corrected chi connectivity index (χ0v) is 15.8. The molecule has 0 bridgehead atoms. The summed E-state index contributed by atoms with van der Waals surface area (Å²) in [6.45, 7) is 1.37. The highest BCUT2D eigenvalue weighted by Gasteiger charge is 2.24. The highest BCUT2D eigenvalue weighted by Crippen LogP contribution is 2.36. The number of thiophene rings is 1. The molecular weight excluding hydrogens is 411 g/mol. The van der Waals surface area contributed by atoms with Crippen molar-refractivity contribution < 1.29 is 23.6 Å². The molecule has 1 atom stereocenters.